The molecule has 0 heterocycles. The van der Waals surface area contributed by atoms with E-state index in [0.29, 0.717) is 5.02 Å². The maximum Gasteiger partial charge on any atom is 0.352 e. The van der Waals surface area contributed by atoms with Crippen molar-refractivity contribution in [1.29, 1.82) is 0 Å². The Morgan fingerprint density at radius 1 is 1.17 bits per heavy atom. The number of esters is 1. The van der Waals surface area contributed by atoms with Crippen molar-refractivity contribution in [2.45, 2.75) is 13.0 Å². The maximum absolute atomic E-state index is 12.0. The number of hydrogen-bond acceptors (Lipinski definition) is 5. The molecule has 0 aromatic heterocycles. The molecule has 0 fully saturated rings. The number of nitrogens with zero attached hydrogens (tertiary/aromatic N) is 1. The van der Waals surface area contributed by atoms with Crippen LogP contribution in [0.4, 0.5) is 5.69 Å². The van der Waals surface area contributed by atoms with E-state index in [1.54, 1.807) is 6.07 Å². The molecule has 0 aliphatic carbocycles. The lowest BCUT2D eigenvalue weighted by Crippen LogP contribution is -2.28. The van der Waals surface area contributed by atoms with E-state index < -0.39 is 17.0 Å². The van der Waals surface area contributed by atoms with Crippen molar-refractivity contribution in [3.63, 3.8) is 0 Å². The summed E-state index contributed by atoms with van der Waals surface area (Å²) in [7, 11) is 0. The monoisotopic (exact) mass is 355 g/mol. The highest BCUT2D eigenvalue weighted by Crippen LogP contribution is 2.29. The van der Waals surface area contributed by atoms with Gasteiger partial charge in [0.1, 0.15) is 5.75 Å². The average Bonchev–Trinajstić information content (AvgIpc) is 2.50. The van der Waals surface area contributed by atoms with E-state index in [1.165, 1.54) is 43.3 Å². The molecule has 0 amide bonds. The number of hydrogen-bond donors (Lipinski definition) is 0. The van der Waals surface area contributed by atoms with Crippen LogP contribution in [0.3, 0.4) is 0 Å². The second kappa shape index (κ2) is 7.30. The predicted octanol–water partition coefficient (Wildman–Crippen LogP) is 4.27. The lowest BCUT2D eigenvalue weighted by Gasteiger charge is -2.14. The van der Waals surface area contributed by atoms with Crippen LogP contribution in [0.5, 0.6) is 11.5 Å². The quantitative estimate of drug-likeness (QED) is 0.346. The van der Waals surface area contributed by atoms with Crippen LogP contribution in [0.25, 0.3) is 0 Å². The Labute approximate surface area is 141 Å². The number of ether oxygens (including phenoxy) is 2. The van der Waals surface area contributed by atoms with Crippen LogP contribution in [0.2, 0.25) is 10.0 Å². The Hall–Kier alpha value is -2.31. The van der Waals surface area contributed by atoms with Gasteiger partial charge in [-0.15, -0.1) is 0 Å². The minimum atomic E-state index is -1.02. The molecule has 0 aliphatic heterocycles. The molecule has 0 radical (unpaired) electrons. The predicted molar refractivity (Wildman–Crippen MR) is 85.3 cm³/mol. The first-order valence-corrected chi connectivity index (χ1v) is 7.21. The number of carbonyl (C=O) groups is 1. The molecule has 0 saturated heterocycles. The third-order valence-electron chi connectivity index (χ3n) is 2.80. The van der Waals surface area contributed by atoms with Crippen molar-refractivity contribution in [3.05, 3.63) is 62.6 Å². The Balaban J connectivity index is 2.10. The topological polar surface area (TPSA) is 78.7 Å². The van der Waals surface area contributed by atoms with Gasteiger partial charge in [0.2, 0.25) is 5.75 Å². The van der Waals surface area contributed by atoms with Crippen LogP contribution in [0.1, 0.15) is 6.92 Å². The second-order valence-electron chi connectivity index (χ2n) is 4.48. The third kappa shape index (κ3) is 4.34. The molecule has 6 nitrogen and oxygen atoms in total. The zero-order valence-electron chi connectivity index (χ0n) is 11.9. The number of carbonyl (C=O) groups excluding carboxylic acids is 1. The smallest absolute Gasteiger partial charge is 0.352 e. The summed E-state index contributed by atoms with van der Waals surface area (Å²) in [5.41, 5.74) is -0.308. The van der Waals surface area contributed by atoms with Crippen molar-refractivity contribution in [1.82, 2.24) is 0 Å². The molecule has 8 heteroatoms. The highest BCUT2D eigenvalue weighted by molar-refractivity contribution is 6.35. The third-order valence-corrected chi connectivity index (χ3v) is 3.33. The van der Waals surface area contributed by atoms with Gasteiger partial charge >= 0.3 is 11.7 Å². The van der Waals surface area contributed by atoms with E-state index in [1.807, 2.05) is 0 Å². The van der Waals surface area contributed by atoms with E-state index in [4.69, 9.17) is 32.7 Å². The Morgan fingerprint density at radius 3 is 2.52 bits per heavy atom. The van der Waals surface area contributed by atoms with E-state index in [2.05, 4.69) is 0 Å². The van der Waals surface area contributed by atoms with Crippen LogP contribution < -0.4 is 9.47 Å². The van der Waals surface area contributed by atoms with Gasteiger partial charge in [-0.25, -0.2) is 4.79 Å². The Kier molecular flexibility index (Phi) is 5.41. The molecule has 23 heavy (non-hydrogen) atoms. The fourth-order valence-corrected chi connectivity index (χ4v) is 2.15. The molecule has 0 saturated carbocycles. The van der Waals surface area contributed by atoms with Gasteiger partial charge in [0.05, 0.1) is 9.95 Å². The second-order valence-corrected chi connectivity index (χ2v) is 5.32. The van der Waals surface area contributed by atoms with E-state index in [0.717, 1.165) is 0 Å². The number of para-hydroxylation sites is 2. The van der Waals surface area contributed by atoms with Crippen LogP contribution in [-0.2, 0) is 4.79 Å². The summed E-state index contributed by atoms with van der Waals surface area (Å²) < 4.78 is 10.4. The van der Waals surface area contributed by atoms with Crippen molar-refractivity contribution in [3.8, 4) is 11.5 Å². The summed E-state index contributed by atoms with van der Waals surface area (Å²) in [6.07, 6.45) is -1.02. The van der Waals surface area contributed by atoms with Gasteiger partial charge in [0, 0.05) is 11.1 Å². The fraction of sp³-hybridized carbons (Fsp3) is 0.133. The molecular weight excluding hydrogens is 345 g/mol. The highest BCUT2D eigenvalue weighted by atomic mass is 35.5. The van der Waals surface area contributed by atoms with Gasteiger partial charge in [-0.2, -0.15) is 0 Å². The van der Waals surface area contributed by atoms with Crippen molar-refractivity contribution in [2.75, 3.05) is 0 Å². The zero-order chi connectivity index (χ0) is 17.0. The van der Waals surface area contributed by atoms with Crippen molar-refractivity contribution < 1.29 is 19.2 Å². The standard InChI is InChI=1S/C15H11Cl2NO5/c1-9(22-13-7-6-10(16)8-11(13)17)15(19)23-14-5-3-2-4-12(14)18(20)21/h2-9H,1H3/t9-/m1/s1. The van der Waals surface area contributed by atoms with Gasteiger partial charge in [0.15, 0.2) is 6.10 Å². The molecule has 0 N–H and O–H groups in total. The van der Waals surface area contributed by atoms with Gasteiger partial charge in [0.25, 0.3) is 0 Å². The largest absolute Gasteiger partial charge is 0.477 e. The fourth-order valence-electron chi connectivity index (χ4n) is 1.70. The molecule has 2 aromatic carbocycles. The first kappa shape index (κ1) is 17.1. The van der Waals surface area contributed by atoms with E-state index in [9.17, 15) is 14.9 Å². The van der Waals surface area contributed by atoms with Gasteiger partial charge < -0.3 is 9.47 Å². The number of nitro benzene ring substituents is 1. The summed E-state index contributed by atoms with van der Waals surface area (Å²) in [5.74, 6) is -0.687. The molecule has 0 bridgehead atoms. The summed E-state index contributed by atoms with van der Waals surface area (Å²) in [5, 5.41) is 11.6. The molecule has 120 valence electrons. The normalized spacial score (nSPS) is 11.6. The molecule has 0 aliphatic rings. The summed E-state index contributed by atoms with van der Waals surface area (Å²) in [4.78, 5) is 22.3. The van der Waals surface area contributed by atoms with Crippen LogP contribution >= 0.6 is 23.2 Å². The molecule has 1 atom stereocenters. The van der Waals surface area contributed by atoms with E-state index in [-0.39, 0.29) is 22.2 Å². The minimum absolute atomic E-state index is 0.153. The van der Waals surface area contributed by atoms with Crippen LogP contribution in [-0.4, -0.2) is 17.0 Å². The number of halogens is 2. The SMILES string of the molecule is C[C@@H](Oc1ccc(Cl)cc1Cl)C(=O)Oc1ccccc1[N+](=O)[O-]. The molecule has 0 spiro atoms. The number of rotatable bonds is 5. The average molecular weight is 356 g/mol. The lowest BCUT2D eigenvalue weighted by molar-refractivity contribution is -0.385. The molecule has 2 rings (SSSR count). The minimum Gasteiger partial charge on any atom is -0.477 e. The Bertz CT molecular complexity index is 750. The summed E-state index contributed by atoms with van der Waals surface area (Å²) >= 11 is 11.7. The lowest BCUT2D eigenvalue weighted by atomic mass is 10.3. The summed E-state index contributed by atoms with van der Waals surface area (Å²) in [6.45, 7) is 1.45. The highest BCUT2D eigenvalue weighted by Gasteiger charge is 2.23. The van der Waals surface area contributed by atoms with Gasteiger partial charge in [-0.05, 0) is 31.2 Å². The number of benzene rings is 2. The maximum atomic E-state index is 12.0. The summed E-state index contributed by atoms with van der Waals surface area (Å²) in [6, 6.07) is 10.1. The molecule has 0 unspecified atom stereocenters. The molecule has 2 aromatic rings. The van der Waals surface area contributed by atoms with E-state index >= 15 is 0 Å². The first-order chi connectivity index (χ1) is 10.9. The van der Waals surface area contributed by atoms with Gasteiger partial charge in [-0.1, -0.05) is 35.3 Å². The van der Waals surface area contributed by atoms with Crippen molar-refractivity contribution >= 4 is 34.9 Å². The number of nitro groups is 1. The molecular formula is C15H11Cl2NO5. The van der Waals surface area contributed by atoms with Gasteiger partial charge in [-0.3, -0.25) is 10.1 Å². The van der Waals surface area contributed by atoms with Crippen molar-refractivity contribution in [2.24, 2.45) is 0 Å². The first-order valence-electron chi connectivity index (χ1n) is 6.45. The van der Waals surface area contributed by atoms with Crippen LogP contribution in [0.15, 0.2) is 42.5 Å². The zero-order valence-corrected chi connectivity index (χ0v) is 13.4. The van der Waals surface area contributed by atoms with Crippen LogP contribution in [0, 0.1) is 10.1 Å². The Morgan fingerprint density at radius 2 is 1.87 bits per heavy atom.